The first-order valence-corrected chi connectivity index (χ1v) is 6.81. The molecule has 3 N–H and O–H groups in total. The molecular weight excluding hydrogens is 280 g/mol. The number of hydrogen-bond acceptors (Lipinski definition) is 2. The average Bonchev–Trinajstić information content (AvgIpc) is 2.36. The Morgan fingerprint density at radius 2 is 1.90 bits per heavy atom. The van der Waals surface area contributed by atoms with Crippen LogP contribution in [0.4, 0.5) is 4.79 Å². The Morgan fingerprint density at radius 1 is 1.25 bits per heavy atom. The predicted octanol–water partition coefficient (Wildman–Crippen LogP) is 2.95. The molecule has 110 valence electrons. The normalized spacial score (nSPS) is 13.3. The molecule has 0 aliphatic rings. The van der Waals surface area contributed by atoms with Gasteiger partial charge in [-0.15, -0.1) is 0 Å². The number of amides is 2. The molecule has 2 atom stereocenters. The van der Waals surface area contributed by atoms with Crippen LogP contribution in [0, 0.1) is 0 Å². The maximum Gasteiger partial charge on any atom is 0.315 e. The van der Waals surface area contributed by atoms with Gasteiger partial charge in [-0.1, -0.05) is 29.8 Å². The number of nitrogens with one attached hydrogen (secondary N) is 2. The fraction of sp³-hybridized carbons (Fsp3) is 0.429. The lowest BCUT2D eigenvalue weighted by molar-refractivity contribution is -0.137. The third kappa shape index (κ3) is 5.48. The Kier molecular flexibility index (Phi) is 6.31. The van der Waals surface area contributed by atoms with Crippen LogP contribution < -0.4 is 10.6 Å². The zero-order valence-electron chi connectivity index (χ0n) is 11.5. The van der Waals surface area contributed by atoms with Crippen LogP contribution in [0.25, 0.3) is 0 Å². The molecule has 0 saturated heterocycles. The molecule has 1 rings (SSSR count). The maximum absolute atomic E-state index is 11.8. The molecule has 1 aromatic rings. The molecule has 0 aliphatic heterocycles. The summed E-state index contributed by atoms with van der Waals surface area (Å²) >= 11 is 6.06. The average molecular weight is 299 g/mol. The summed E-state index contributed by atoms with van der Waals surface area (Å²) in [6, 6.07) is 6.53. The second-order valence-electron chi connectivity index (χ2n) is 4.69. The molecule has 1 aromatic carbocycles. The predicted molar refractivity (Wildman–Crippen MR) is 77.9 cm³/mol. The van der Waals surface area contributed by atoms with Crippen molar-refractivity contribution in [2.45, 2.75) is 38.8 Å². The lowest BCUT2D eigenvalue weighted by Crippen LogP contribution is -2.42. The molecule has 0 aliphatic carbocycles. The van der Waals surface area contributed by atoms with Crippen molar-refractivity contribution in [3.63, 3.8) is 0 Å². The van der Waals surface area contributed by atoms with Gasteiger partial charge in [0.15, 0.2) is 0 Å². The van der Waals surface area contributed by atoms with Crippen LogP contribution in [0.5, 0.6) is 0 Å². The van der Waals surface area contributed by atoms with E-state index in [0.29, 0.717) is 11.4 Å². The van der Waals surface area contributed by atoms with Crippen molar-refractivity contribution in [2.24, 2.45) is 0 Å². The zero-order valence-corrected chi connectivity index (χ0v) is 12.3. The van der Waals surface area contributed by atoms with Crippen LogP contribution in [-0.4, -0.2) is 23.1 Å². The third-order valence-corrected chi connectivity index (χ3v) is 3.23. The zero-order chi connectivity index (χ0) is 15.1. The van der Waals surface area contributed by atoms with Crippen molar-refractivity contribution in [1.29, 1.82) is 0 Å². The van der Waals surface area contributed by atoms with Crippen molar-refractivity contribution < 1.29 is 14.7 Å². The summed E-state index contributed by atoms with van der Waals surface area (Å²) in [4.78, 5) is 22.2. The standard InChI is InChI=1S/C14H19ClN2O3/c1-9(7-8-13(18)19)16-14(20)17-10(2)11-5-3-4-6-12(11)15/h3-6,9-10H,7-8H2,1-2H3,(H,18,19)(H2,16,17,20). The fourth-order valence-corrected chi connectivity index (χ4v) is 2.08. The Morgan fingerprint density at radius 3 is 2.50 bits per heavy atom. The first-order chi connectivity index (χ1) is 9.40. The highest BCUT2D eigenvalue weighted by Crippen LogP contribution is 2.21. The number of benzene rings is 1. The van der Waals surface area contributed by atoms with E-state index < -0.39 is 5.97 Å². The van der Waals surface area contributed by atoms with Gasteiger partial charge < -0.3 is 15.7 Å². The number of carboxylic acid groups (broad SMARTS) is 1. The number of aliphatic carboxylic acids is 1. The van der Waals surface area contributed by atoms with Crippen molar-refractivity contribution in [2.75, 3.05) is 0 Å². The van der Waals surface area contributed by atoms with E-state index in [-0.39, 0.29) is 24.5 Å². The molecule has 0 heterocycles. The minimum absolute atomic E-state index is 0.0293. The summed E-state index contributed by atoms with van der Waals surface area (Å²) in [5.74, 6) is -0.872. The number of urea groups is 1. The van der Waals surface area contributed by atoms with E-state index in [4.69, 9.17) is 16.7 Å². The molecule has 0 aromatic heterocycles. The topological polar surface area (TPSA) is 78.4 Å². The van der Waals surface area contributed by atoms with Gasteiger partial charge in [0.25, 0.3) is 0 Å². The number of hydrogen-bond donors (Lipinski definition) is 3. The number of halogens is 1. The third-order valence-electron chi connectivity index (χ3n) is 2.89. The lowest BCUT2D eigenvalue weighted by atomic mass is 10.1. The Labute approximate surface area is 123 Å². The van der Waals surface area contributed by atoms with E-state index in [1.54, 1.807) is 13.0 Å². The highest BCUT2D eigenvalue weighted by molar-refractivity contribution is 6.31. The van der Waals surface area contributed by atoms with Gasteiger partial charge >= 0.3 is 12.0 Å². The highest BCUT2D eigenvalue weighted by atomic mass is 35.5. The van der Waals surface area contributed by atoms with Gasteiger partial charge in [0.05, 0.1) is 6.04 Å². The Balaban J connectivity index is 2.46. The molecule has 0 saturated carbocycles. The molecule has 0 bridgehead atoms. The van der Waals surface area contributed by atoms with Gasteiger partial charge in [-0.3, -0.25) is 4.79 Å². The van der Waals surface area contributed by atoms with Crippen LogP contribution in [0.15, 0.2) is 24.3 Å². The number of carbonyl (C=O) groups excluding carboxylic acids is 1. The van der Waals surface area contributed by atoms with Gasteiger partial charge in [-0.25, -0.2) is 4.79 Å². The number of rotatable bonds is 6. The van der Waals surface area contributed by atoms with Gasteiger partial charge in [-0.2, -0.15) is 0 Å². The largest absolute Gasteiger partial charge is 0.481 e. The molecule has 6 heteroatoms. The fourth-order valence-electron chi connectivity index (χ4n) is 1.78. The van der Waals surface area contributed by atoms with E-state index in [0.717, 1.165) is 5.56 Å². The molecule has 20 heavy (non-hydrogen) atoms. The van der Waals surface area contributed by atoms with E-state index in [1.165, 1.54) is 0 Å². The molecular formula is C14H19ClN2O3. The molecule has 0 radical (unpaired) electrons. The first kappa shape index (κ1) is 16.3. The summed E-state index contributed by atoms with van der Waals surface area (Å²) in [5.41, 5.74) is 0.836. The summed E-state index contributed by atoms with van der Waals surface area (Å²) in [7, 11) is 0. The van der Waals surface area contributed by atoms with Gasteiger partial charge in [0.2, 0.25) is 0 Å². The summed E-state index contributed by atoms with van der Waals surface area (Å²) < 4.78 is 0. The van der Waals surface area contributed by atoms with E-state index in [2.05, 4.69) is 10.6 Å². The summed E-state index contributed by atoms with van der Waals surface area (Å²) in [6.07, 6.45) is 0.421. The molecule has 0 fully saturated rings. The Bertz CT molecular complexity index is 479. The molecule has 2 unspecified atom stereocenters. The van der Waals surface area contributed by atoms with Crippen molar-refractivity contribution in [1.82, 2.24) is 10.6 Å². The minimum atomic E-state index is -0.872. The smallest absolute Gasteiger partial charge is 0.315 e. The highest BCUT2D eigenvalue weighted by Gasteiger charge is 2.14. The Hall–Kier alpha value is -1.75. The van der Waals surface area contributed by atoms with Crippen LogP contribution in [0.3, 0.4) is 0 Å². The molecule has 0 spiro atoms. The summed E-state index contributed by atoms with van der Waals surface area (Å²) in [5, 5.41) is 14.6. The monoisotopic (exact) mass is 298 g/mol. The molecule has 5 nitrogen and oxygen atoms in total. The SMILES string of the molecule is CC(CCC(=O)O)NC(=O)NC(C)c1ccccc1Cl. The van der Waals surface area contributed by atoms with Crippen molar-refractivity contribution >= 4 is 23.6 Å². The second-order valence-corrected chi connectivity index (χ2v) is 5.10. The van der Waals surface area contributed by atoms with E-state index in [9.17, 15) is 9.59 Å². The quantitative estimate of drug-likeness (QED) is 0.755. The van der Waals surface area contributed by atoms with Gasteiger partial charge in [-0.05, 0) is 31.9 Å². The van der Waals surface area contributed by atoms with Crippen LogP contribution >= 0.6 is 11.6 Å². The minimum Gasteiger partial charge on any atom is -0.481 e. The summed E-state index contributed by atoms with van der Waals surface area (Å²) in [6.45, 7) is 3.60. The first-order valence-electron chi connectivity index (χ1n) is 6.43. The van der Waals surface area contributed by atoms with E-state index >= 15 is 0 Å². The van der Waals surface area contributed by atoms with Crippen LogP contribution in [0.2, 0.25) is 5.02 Å². The number of carbonyl (C=O) groups is 2. The van der Waals surface area contributed by atoms with E-state index in [1.807, 2.05) is 25.1 Å². The van der Waals surface area contributed by atoms with Gasteiger partial charge in [0.1, 0.15) is 0 Å². The van der Waals surface area contributed by atoms with Crippen molar-refractivity contribution in [3.05, 3.63) is 34.9 Å². The maximum atomic E-state index is 11.8. The van der Waals surface area contributed by atoms with Gasteiger partial charge in [0, 0.05) is 17.5 Å². The van der Waals surface area contributed by atoms with Crippen molar-refractivity contribution in [3.8, 4) is 0 Å². The van der Waals surface area contributed by atoms with Crippen LogP contribution in [-0.2, 0) is 4.79 Å². The lowest BCUT2D eigenvalue weighted by Gasteiger charge is -2.18. The molecule has 2 amide bonds. The second kappa shape index (κ2) is 7.75. The number of carboxylic acids is 1. The van der Waals surface area contributed by atoms with Crippen LogP contribution in [0.1, 0.15) is 38.3 Å².